The van der Waals surface area contributed by atoms with Gasteiger partial charge in [-0.2, -0.15) is 0 Å². The summed E-state index contributed by atoms with van der Waals surface area (Å²) in [7, 11) is 0. The van der Waals surface area contributed by atoms with Gasteiger partial charge < -0.3 is 10.8 Å². The van der Waals surface area contributed by atoms with Crippen molar-refractivity contribution in [3.8, 4) is 0 Å². The molecule has 0 aromatic carbocycles. The van der Waals surface area contributed by atoms with Crippen LogP contribution in [-0.4, -0.2) is 11.7 Å². The lowest BCUT2D eigenvalue weighted by Gasteiger charge is -2.21. The zero-order chi connectivity index (χ0) is 8.32. The lowest BCUT2D eigenvalue weighted by molar-refractivity contribution is 0.249. The molecule has 0 spiro atoms. The van der Waals surface area contributed by atoms with E-state index < -0.39 is 0 Å². The van der Waals surface area contributed by atoms with Crippen molar-refractivity contribution in [3.05, 3.63) is 22.4 Å². The normalized spacial score (nSPS) is 16.3. The van der Waals surface area contributed by atoms with Gasteiger partial charge in [0, 0.05) is 17.0 Å². The van der Waals surface area contributed by atoms with Gasteiger partial charge in [0.2, 0.25) is 0 Å². The quantitative estimate of drug-likeness (QED) is 0.720. The third-order valence-corrected chi connectivity index (χ3v) is 2.86. The third kappa shape index (κ3) is 2.02. The van der Waals surface area contributed by atoms with E-state index in [0.29, 0.717) is 6.42 Å². The summed E-state index contributed by atoms with van der Waals surface area (Å²) in [5.74, 6) is 0. The Morgan fingerprint density at radius 1 is 1.73 bits per heavy atom. The molecule has 0 aliphatic heterocycles. The molecule has 1 aromatic heterocycles. The molecule has 3 heteroatoms. The highest BCUT2D eigenvalue weighted by Gasteiger charge is 2.20. The minimum atomic E-state index is -0.358. The molecule has 0 bridgehead atoms. The van der Waals surface area contributed by atoms with E-state index in [2.05, 4.69) is 0 Å². The summed E-state index contributed by atoms with van der Waals surface area (Å²) in [6, 6.07) is 3.98. The molecule has 0 radical (unpaired) electrons. The SMILES string of the molecule is C[C@](N)(CCO)c1cccs1. The first kappa shape index (κ1) is 8.71. The number of aliphatic hydroxyl groups is 1. The summed E-state index contributed by atoms with van der Waals surface area (Å²) in [5.41, 5.74) is 5.59. The smallest absolute Gasteiger partial charge is 0.0497 e. The Labute approximate surface area is 70.7 Å². The second kappa shape index (κ2) is 3.34. The number of aliphatic hydroxyl groups excluding tert-OH is 1. The van der Waals surface area contributed by atoms with Gasteiger partial charge in [-0.3, -0.25) is 0 Å². The predicted molar refractivity (Wildman–Crippen MR) is 47.6 cm³/mol. The van der Waals surface area contributed by atoms with E-state index in [4.69, 9.17) is 10.8 Å². The van der Waals surface area contributed by atoms with Crippen LogP contribution in [0.15, 0.2) is 17.5 Å². The Morgan fingerprint density at radius 2 is 2.45 bits per heavy atom. The summed E-state index contributed by atoms with van der Waals surface area (Å²) < 4.78 is 0. The molecular formula is C8H13NOS. The van der Waals surface area contributed by atoms with E-state index in [-0.39, 0.29) is 12.1 Å². The zero-order valence-corrected chi connectivity index (χ0v) is 7.40. The number of hydrogen-bond donors (Lipinski definition) is 2. The number of nitrogens with two attached hydrogens (primary N) is 1. The van der Waals surface area contributed by atoms with Crippen LogP contribution >= 0.6 is 11.3 Å². The molecule has 2 nitrogen and oxygen atoms in total. The van der Waals surface area contributed by atoms with Gasteiger partial charge in [-0.15, -0.1) is 11.3 Å². The average Bonchev–Trinajstić information content (AvgIpc) is 2.37. The summed E-state index contributed by atoms with van der Waals surface area (Å²) in [5, 5.41) is 10.7. The Morgan fingerprint density at radius 3 is 2.91 bits per heavy atom. The molecule has 0 unspecified atom stereocenters. The number of hydrogen-bond acceptors (Lipinski definition) is 3. The van der Waals surface area contributed by atoms with Crippen LogP contribution in [0.25, 0.3) is 0 Å². The number of thiophene rings is 1. The van der Waals surface area contributed by atoms with Crippen molar-refractivity contribution in [3.63, 3.8) is 0 Å². The number of rotatable bonds is 3. The molecule has 0 saturated heterocycles. The van der Waals surface area contributed by atoms with Crippen molar-refractivity contribution < 1.29 is 5.11 Å². The van der Waals surface area contributed by atoms with Crippen molar-refractivity contribution in [2.45, 2.75) is 18.9 Å². The maximum Gasteiger partial charge on any atom is 0.0497 e. The van der Waals surface area contributed by atoms with Gasteiger partial charge in [0.05, 0.1) is 0 Å². The predicted octanol–water partition coefficient (Wildman–Crippen LogP) is 1.30. The van der Waals surface area contributed by atoms with E-state index in [9.17, 15) is 0 Å². The molecular weight excluding hydrogens is 158 g/mol. The van der Waals surface area contributed by atoms with Crippen LogP contribution in [-0.2, 0) is 5.54 Å². The highest BCUT2D eigenvalue weighted by atomic mass is 32.1. The minimum absolute atomic E-state index is 0.144. The lowest BCUT2D eigenvalue weighted by Crippen LogP contribution is -2.32. The summed E-state index contributed by atoms with van der Waals surface area (Å²) in [6.07, 6.45) is 0.619. The van der Waals surface area contributed by atoms with E-state index in [1.807, 2.05) is 24.4 Å². The van der Waals surface area contributed by atoms with Crippen LogP contribution in [0.1, 0.15) is 18.2 Å². The maximum absolute atomic E-state index is 8.73. The Kier molecular flexibility index (Phi) is 2.65. The second-order valence-electron chi connectivity index (χ2n) is 2.87. The van der Waals surface area contributed by atoms with Gasteiger partial charge in [-0.05, 0) is 24.8 Å². The van der Waals surface area contributed by atoms with Crippen LogP contribution in [0.2, 0.25) is 0 Å². The van der Waals surface area contributed by atoms with E-state index in [1.54, 1.807) is 11.3 Å². The van der Waals surface area contributed by atoms with Crippen LogP contribution in [0, 0.1) is 0 Å². The molecule has 0 aliphatic carbocycles. The lowest BCUT2D eigenvalue weighted by atomic mass is 9.98. The van der Waals surface area contributed by atoms with Crippen molar-refractivity contribution in [2.75, 3.05) is 6.61 Å². The molecule has 62 valence electrons. The Bertz CT molecular complexity index is 206. The highest BCUT2D eigenvalue weighted by Crippen LogP contribution is 2.25. The molecule has 0 aliphatic rings. The zero-order valence-electron chi connectivity index (χ0n) is 6.58. The van der Waals surface area contributed by atoms with Gasteiger partial charge in [-0.1, -0.05) is 6.07 Å². The molecule has 1 atom stereocenters. The monoisotopic (exact) mass is 171 g/mol. The summed E-state index contributed by atoms with van der Waals surface area (Å²) in [4.78, 5) is 1.13. The van der Waals surface area contributed by atoms with E-state index >= 15 is 0 Å². The topological polar surface area (TPSA) is 46.2 Å². The fraction of sp³-hybridized carbons (Fsp3) is 0.500. The molecule has 1 rings (SSSR count). The minimum Gasteiger partial charge on any atom is -0.396 e. The summed E-state index contributed by atoms with van der Waals surface area (Å²) in [6.45, 7) is 2.08. The van der Waals surface area contributed by atoms with Crippen molar-refractivity contribution in [1.82, 2.24) is 0 Å². The van der Waals surface area contributed by atoms with Gasteiger partial charge in [0.15, 0.2) is 0 Å². The van der Waals surface area contributed by atoms with Crippen LogP contribution in [0.3, 0.4) is 0 Å². The van der Waals surface area contributed by atoms with Crippen LogP contribution in [0.5, 0.6) is 0 Å². The van der Waals surface area contributed by atoms with Gasteiger partial charge >= 0.3 is 0 Å². The highest BCUT2D eigenvalue weighted by molar-refractivity contribution is 7.10. The maximum atomic E-state index is 8.73. The Hall–Kier alpha value is -0.380. The first-order chi connectivity index (χ1) is 5.17. The molecule has 0 saturated carbocycles. The third-order valence-electron chi connectivity index (χ3n) is 1.72. The van der Waals surface area contributed by atoms with Gasteiger partial charge in [-0.25, -0.2) is 0 Å². The molecule has 1 heterocycles. The van der Waals surface area contributed by atoms with Crippen LogP contribution < -0.4 is 5.73 Å². The molecule has 0 fully saturated rings. The molecule has 3 N–H and O–H groups in total. The summed E-state index contributed by atoms with van der Waals surface area (Å²) >= 11 is 1.63. The molecule has 0 amide bonds. The van der Waals surface area contributed by atoms with Gasteiger partial charge in [0.25, 0.3) is 0 Å². The fourth-order valence-corrected chi connectivity index (χ4v) is 1.79. The average molecular weight is 171 g/mol. The van der Waals surface area contributed by atoms with Crippen LogP contribution in [0.4, 0.5) is 0 Å². The second-order valence-corrected chi connectivity index (χ2v) is 3.82. The molecule has 11 heavy (non-hydrogen) atoms. The molecule has 1 aromatic rings. The first-order valence-electron chi connectivity index (χ1n) is 3.60. The standard InChI is InChI=1S/C8H13NOS/c1-8(9,4-5-10)7-3-2-6-11-7/h2-3,6,10H,4-5,9H2,1H3/t8-/m0/s1. The van der Waals surface area contributed by atoms with E-state index in [1.165, 1.54) is 0 Å². The Balaban J connectivity index is 2.73. The first-order valence-corrected chi connectivity index (χ1v) is 4.48. The van der Waals surface area contributed by atoms with E-state index in [0.717, 1.165) is 4.88 Å². The largest absolute Gasteiger partial charge is 0.396 e. The van der Waals surface area contributed by atoms with Crippen molar-refractivity contribution in [2.24, 2.45) is 5.73 Å². The fourth-order valence-electron chi connectivity index (χ4n) is 0.959. The van der Waals surface area contributed by atoms with Gasteiger partial charge in [0.1, 0.15) is 0 Å². The van der Waals surface area contributed by atoms with Crippen molar-refractivity contribution >= 4 is 11.3 Å². The van der Waals surface area contributed by atoms with Crippen molar-refractivity contribution in [1.29, 1.82) is 0 Å².